The molecule has 0 saturated heterocycles. The van der Waals surface area contributed by atoms with Crippen LogP contribution in [0.15, 0.2) is 0 Å². The van der Waals surface area contributed by atoms with Crippen LogP contribution in [0.25, 0.3) is 0 Å². The van der Waals surface area contributed by atoms with E-state index >= 15 is 0 Å². The van der Waals surface area contributed by atoms with E-state index < -0.39 is 0 Å². The van der Waals surface area contributed by atoms with Crippen molar-refractivity contribution in [3.8, 4) is 0 Å². The van der Waals surface area contributed by atoms with Crippen molar-refractivity contribution < 1.29 is 4.79 Å². The van der Waals surface area contributed by atoms with Gasteiger partial charge in [0.2, 0.25) is 0 Å². The van der Waals surface area contributed by atoms with E-state index in [9.17, 15) is 4.79 Å². The summed E-state index contributed by atoms with van der Waals surface area (Å²) in [7, 11) is 0. The van der Waals surface area contributed by atoms with Crippen LogP contribution in [0.3, 0.4) is 0 Å². The van der Waals surface area contributed by atoms with Gasteiger partial charge in [-0.1, -0.05) is 0 Å². The zero-order chi connectivity index (χ0) is 14.5. The minimum absolute atomic E-state index is 0.167. The van der Waals surface area contributed by atoms with Crippen molar-refractivity contribution in [3.63, 3.8) is 0 Å². The second-order valence-corrected chi connectivity index (χ2v) is 10.7. The summed E-state index contributed by atoms with van der Waals surface area (Å²) in [5.74, 6) is 6.34. The average Bonchev–Trinajstić information content (AvgIpc) is 2.43. The van der Waals surface area contributed by atoms with E-state index in [4.69, 9.17) is 0 Å². The Kier molecular flexibility index (Phi) is 2.37. The number of Topliss-reactive ketones (excluding diaryl/α,β-unsaturated/α-hetero) is 1. The van der Waals surface area contributed by atoms with Crippen molar-refractivity contribution in [2.75, 3.05) is 0 Å². The molecule has 8 bridgehead atoms. The lowest BCUT2D eigenvalue weighted by molar-refractivity contribution is -0.168. The number of carbonyl (C=O) groups excluding carboxylic acids is 1. The Hall–Kier alpha value is -0.330. The first kappa shape index (κ1) is 13.0. The summed E-state index contributed by atoms with van der Waals surface area (Å²) in [5, 5.41) is 0. The van der Waals surface area contributed by atoms with E-state index in [-0.39, 0.29) is 10.8 Å². The number of carbonyl (C=O) groups is 1. The molecular formula is C21H30O. The highest BCUT2D eigenvalue weighted by Crippen LogP contribution is 2.67. The molecule has 0 unspecified atom stereocenters. The van der Waals surface area contributed by atoms with Gasteiger partial charge in [-0.2, -0.15) is 0 Å². The SMILES string of the molecule is O=C(C12CC3CC(CC(C3)C1)C2)C12CC3CC(CC(C3)C1)C2. The maximum absolute atomic E-state index is 14.0. The molecule has 8 saturated carbocycles. The van der Waals surface area contributed by atoms with Gasteiger partial charge in [0, 0.05) is 10.8 Å². The van der Waals surface area contributed by atoms with Gasteiger partial charge in [0.1, 0.15) is 5.78 Å². The molecule has 0 radical (unpaired) electrons. The monoisotopic (exact) mass is 298 g/mol. The van der Waals surface area contributed by atoms with Crippen LogP contribution in [0.4, 0.5) is 0 Å². The van der Waals surface area contributed by atoms with Crippen LogP contribution in [-0.4, -0.2) is 5.78 Å². The summed E-state index contributed by atoms with van der Waals surface area (Å²) >= 11 is 0. The average molecular weight is 298 g/mol. The molecule has 0 spiro atoms. The first-order valence-corrected chi connectivity index (χ1v) is 10.2. The molecule has 0 aromatic rings. The number of hydrogen-bond acceptors (Lipinski definition) is 1. The first-order chi connectivity index (χ1) is 10.6. The normalized spacial score (nSPS) is 60.9. The second kappa shape index (κ2) is 4.01. The van der Waals surface area contributed by atoms with E-state index in [0.29, 0.717) is 0 Å². The van der Waals surface area contributed by atoms with E-state index in [0.717, 1.165) is 41.3 Å². The van der Waals surface area contributed by atoms with E-state index in [1.54, 1.807) is 0 Å². The zero-order valence-electron chi connectivity index (χ0n) is 13.9. The van der Waals surface area contributed by atoms with Crippen LogP contribution in [0.5, 0.6) is 0 Å². The molecule has 0 aliphatic heterocycles. The van der Waals surface area contributed by atoms with Gasteiger partial charge in [0.15, 0.2) is 0 Å². The Morgan fingerprint density at radius 3 is 0.955 bits per heavy atom. The first-order valence-electron chi connectivity index (χ1n) is 10.2. The Morgan fingerprint density at radius 1 is 0.500 bits per heavy atom. The van der Waals surface area contributed by atoms with Crippen LogP contribution < -0.4 is 0 Å². The van der Waals surface area contributed by atoms with E-state index in [2.05, 4.69) is 0 Å². The summed E-state index contributed by atoms with van der Waals surface area (Å²) < 4.78 is 0. The smallest absolute Gasteiger partial charge is 0.145 e. The fraction of sp³-hybridized carbons (Fsp3) is 0.952. The quantitative estimate of drug-likeness (QED) is 0.702. The molecule has 1 nitrogen and oxygen atoms in total. The van der Waals surface area contributed by atoms with Crippen molar-refractivity contribution >= 4 is 5.78 Å². The fourth-order valence-corrected chi connectivity index (χ4v) is 9.34. The van der Waals surface area contributed by atoms with Gasteiger partial charge in [0.25, 0.3) is 0 Å². The third-order valence-corrected chi connectivity index (χ3v) is 9.04. The topological polar surface area (TPSA) is 17.1 Å². The molecule has 8 aliphatic rings. The van der Waals surface area contributed by atoms with Crippen molar-refractivity contribution in [1.82, 2.24) is 0 Å². The number of rotatable bonds is 2. The molecule has 8 rings (SSSR count). The summed E-state index contributed by atoms with van der Waals surface area (Å²) in [6.07, 6.45) is 16.5. The van der Waals surface area contributed by atoms with Gasteiger partial charge in [-0.25, -0.2) is 0 Å². The predicted molar refractivity (Wildman–Crippen MR) is 86.2 cm³/mol. The van der Waals surface area contributed by atoms with Gasteiger partial charge in [-0.15, -0.1) is 0 Å². The maximum Gasteiger partial charge on any atom is 0.145 e. The molecule has 0 amide bonds. The number of ketones is 1. The van der Waals surface area contributed by atoms with Gasteiger partial charge in [-0.05, 0) is 113 Å². The third-order valence-electron chi connectivity index (χ3n) is 9.04. The van der Waals surface area contributed by atoms with E-state index in [1.165, 1.54) is 77.0 Å². The zero-order valence-corrected chi connectivity index (χ0v) is 13.9. The molecule has 0 atom stereocenters. The number of hydrogen-bond donors (Lipinski definition) is 0. The highest BCUT2D eigenvalue weighted by atomic mass is 16.1. The molecule has 22 heavy (non-hydrogen) atoms. The highest BCUT2D eigenvalue weighted by Gasteiger charge is 2.62. The molecule has 0 heterocycles. The van der Waals surface area contributed by atoms with Crippen LogP contribution in [0.2, 0.25) is 0 Å². The van der Waals surface area contributed by atoms with E-state index in [1.807, 2.05) is 0 Å². The molecule has 0 aromatic heterocycles. The summed E-state index contributed by atoms with van der Waals surface area (Å²) in [6, 6.07) is 0. The van der Waals surface area contributed by atoms with Crippen LogP contribution >= 0.6 is 0 Å². The lowest BCUT2D eigenvalue weighted by Gasteiger charge is -2.62. The molecule has 1 heteroatoms. The minimum Gasteiger partial charge on any atom is -0.298 e. The largest absolute Gasteiger partial charge is 0.298 e. The van der Waals surface area contributed by atoms with Gasteiger partial charge in [-0.3, -0.25) is 4.79 Å². The predicted octanol–water partition coefficient (Wildman–Crippen LogP) is 4.99. The third kappa shape index (κ3) is 1.59. The Morgan fingerprint density at radius 2 is 0.727 bits per heavy atom. The second-order valence-electron chi connectivity index (χ2n) is 10.7. The van der Waals surface area contributed by atoms with Crippen LogP contribution in [-0.2, 0) is 4.79 Å². The fourth-order valence-electron chi connectivity index (χ4n) is 9.34. The summed E-state index contributed by atoms with van der Waals surface area (Å²) in [6.45, 7) is 0. The Labute approximate surface area is 134 Å². The molecule has 8 aliphatic carbocycles. The molecular weight excluding hydrogens is 268 g/mol. The molecule has 120 valence electrons. The lowest BCUT2D eigenvalue weighted by Crippen LogP contribution is -2.58. The Bertz CT molecular complexity index is 413. The molecule has 8 fully saturated rings. The highest BCUT2D eigenvalue weighted by molar-refractivity contribution is 5.91. The van der Waals surface area contributed by atoms with Crippen molar-refractivity contribution in [2.45, 2.75) is 77.0 Å². The van der Waals surface area contributed by atoms with Gasteiger partial charge < -0.3 is 0 Å². The minimum atomic E-state index is 0.167. The van der Waals surface area contributed by atoms with Crippen molar-refractivity contribution in [2.24, 2.45) is 46.3 Å². The summed E-state index contributed by atoms with van der Waals surface area (Å²) in [5.41, 5.74) is 0.334. The standard InChI is InChI=1S/C21H30O/c22-19(20-7-13-1-14(8-20)3-15(2-13)9-20)21-10-16-4-17(11-21)6-18(5-16)12-21/h13-18H,1-12H2. The van der Waals surface area contributed by atoms with Crippen LogP contribution in [0, 0.1) is 46.3 Å². The summed E-state index contributed by atoms with van der Waals surface area (Å²) in [4.78, 5) is 14.0. The van der Waals surface area contributed by atoms with Gasteiger partial charge >= 0.3 is 0 Å². The molecule has 0 N–H and O–H groups in total. The Balaban J connectivity index is 1.37. The molecule has 0 aromatic carbocycles. The van der Waals surface area contributed by atoms with Gasteiger partial charge in [0.05, 0.1) is 0 Å². The van der Waals surface area contributed by atoms with Crippen LogP contribution in [0.1, 0.15) is 77.0 Å². The maximum atomic E-state index is 14.0. The van der Waals surface area contributed by atoms with Crippen molar-refractivity contribution in [1.29, 1.82) is 0 Å². The van der Waals surface area contributed by atoms with Crippen molar-refractivity contribution in [3.05, 3.63) is 0 Å². The lowest BCUT2D eigenvalue weighted by atomic mass is 9.41.